The summed E-state index contributed by atoms with van der Waals surface area (Å²) in [5, 5.41) is 17.0. The topological polar surface area (TPSA) is 208 Å². The molecule has 4 atom stereocenters. The van der Waals surface area contributed by atoms with Gasteiger partial charge in [0.15, 0.2) is 11.1 Å². The molecule has 0 unspecified atom stereocenters. The number of carbonyl (C=O) groups excluding carboxylic acids is 1. The highest BCUT2D eigenvalue weighted by atomic mass is 32.3. The molecule has 2 aliphatic carbocycles. The fraction of sp³-hybridized carbons (Fsp3) is 0.273. The van der Waals surface area contributed by atoms with Crippen molar-refractivity contribution in [3.05, 3.63) is 144 Å². The maximum atomic E-state index is 13.5. The van der Waals surface area contributed by atoms with Gasteiger partial charge in [-0.2, -0.15) is 27.0 Å². The summed E-state index contributed by atoms with van der Waals surface area (Å²) >= 11 is 1.56. The van der Waals surface area contributed by atoms with Crippen LogP contribution in [0.3, 0.4) is 0 Å². The molecule has 0 aliphatic heterocycles. The Morgan fingerprint density at radius 1 is 0.667 bits per heavy atom. The highest BCUT2D eigenvalue weighted by molar-refractivity contribution is 7.92. The molecule has 0 amide bonds. The van der Waals surface area contributed by atoms with E-state index in [9.17, 15) is 49.1 Å². The van der Waals surface area contributed by atoms with Gasteiger partial charge in [0.1, 0.15) is 25.4 Å². The smallest absolute Gasteiger partial charge is 0.333 e. The van der Waals surface area contributed by atoms with Gasteiger partial charge in [0, 0.05) is 37.8 Å². The van der Waals surface area contributed by atoms with Crippen LogP contribution in [-0.4, -0.2) is 60.9 Å². The number of rotatable bonds is 14. The summed E-state index contributed by atoms with van der Waals surface area (Å²) in [5.41, 5.74) is -2.35. The minimum absolute atomic E-state index is 0.0499. The highest BCUT2D eigenvalue weighted by Gasteiger charge is 2.69. The largest absolute Gasteiger partial charge is 0.480 e. The fourth-order valence-electron chi connectivity index (χ4n) is 7.10. The van der Waals surface area contributed by atoms with Crippen LogP contribution in [0.4, 0.5) is 17.6 Å². The van der Waals surface area contributed by atoms with Crippen LogP contribution in [0.25, 0.3) is 21.1 Å². The number of ether oxygens (including phenoxy) is 1. The molecular weight excluding hydrogens is 949 g/mol. The van der Waals surface area contributed by atoms with Crippen LogP contribution < -0.4 is 9.44 Å². The van der Waals surface area contributed by atoms with Crippen molar-refractivity contribution in [1.82, 2.24) is 19.8 Å². The first kappa shape index (κ1) is 48.2. The van der Waals surface area contributed by atoms with Gasteiger partial charge in [-0.25, -0.2) is 26.4 Å². The Hall–Kier alpha value is -5.78. The van der Waals surface area contributed by atoms with Gasteiger partial charge < -0.3 is 18.9 Å². The van der Waals surface area contributed by atoms with Gasteiger partial charge in [0.05, 0.1) is 9.75 Å². The number of halogens is 4. The van der Waals surface area contributed by atoms with Crippen molar-refractivity contribution in [2.24, 2.45) is 0 Å². The van der Waals surface area contributed by atoms with Crippen molar-refractivity contribution in [2.75, 3.05) is 0 Å². The maximum Gasteiger partial charge on any atom is 0.333 e. The molecule has 3 N–H and O–H groups in total. The van der Waals surface area contributed by atoms with Crippen molar-refractivity contribution in [1.29, 1.82) is 0 Å². The Balaban J connectivity index is 0.000000198. The van der Waals surface area contributed by atoms with Gasteiger partial charge in [-0.15, -0.1) is 22.7 Å². The zero-order valence-corrected chi connectivity index (χ0v) is 38.7. The van der Waals surface area contributed by atoms with Gasteiger partial charge in [-0.05, 0) is 67.3 Å². The van der Waals surface area contributed by atoms with Crippen LogP contribution in [0, 0.1) is 0 Å². The van der Waals surface area contributed by atoms with E-state index in [4.69, 9.17) is 9.26 Å². The van der Waals surface area contributed by atoms with Crippen LogP contribution in [0.15, 0.2) is 139 Å². The monoisotopic (exact) mass is 988 g/mol. The Kier molecular flexibility index (Phi) is 12.3. The lowest BCUT2D eigenvalue weighted by molar-refractivity contribution is -0.158. The number of hydrogen-bond donors (Lipinski definition) is 3. The van der Waals surface area contributed by atoms with E-state index >= 15 is 0 Å². The summed E-state index contributed by atoms with van der Waals surface area (Å²) in [7, 11) is -8.50. The molecule has 4 heterocycles. The number of esters is 1. The first-order valence-corrected chi connectivity index (χ1v) is 24.2. The van der Waals surface area contributed by atoms with Gasteiger partial charge in [-0.1, -0.05) is 84.1 Å². The van der Waals surface area contributed by atoms with Crippen molar-refractivity contribution in [2.45, 2.75) is 83.4 Å². The van der Waals surface area contributed by atoms with Crippen molar-refractivity contribution in [3.63, 3.8) is 0 Å². The summed E-state index contributed by atoms with van der Waals surface area (Å²) < 4.78 is 126. The average Bonchev–Trinajstić information content (AvgIpc) is 3.80. The number of thiophene rings is 2. The first-order chi connectivity index (χ1) is 30.6. The van der Waals surface area contributed by atoms with E-state index in [1.807, 2.05) is 6.07 Å². The number of carboxylic acids is 1. The van der Waals surface area contributed by atoms with Gasteiger partial charge in [-0.3, -0.25) is 0 Å². The molecule has 2 fully saturated rings. The molecule has 0 bridgehead atoms. The molecular formula is C44H40F4N4O10S4. The minimum atomic E-state index is -4.26. The SMILES string of the molecule is C=C1[C@H](c2ccccc2)[C@]1(NS(=O)(=O)c1ccc(-c2cc(C(C)(F)F)on2)s1)C(=O)O.C=C1[C@H](c2ccccc2)[C@]1(NS(=O)(=O)c1ccc(-c2cc(C(C)(F)F)on2)s1)C(=O)OC(C)(C)C. The second kappa shape index (κ2) is 16.8. The van der Waals surface area contributed by atoms with E-state index in [2.05, 4.69) is 37.4 Å². The predicted molar refractivity (Wildman–Crippen MR) is 235 cm³/mol. The fourth-order valence-corrected chi connectivity index (χ4v) is 12.4. The molecule has 14 nitrogen and oxygen atoms in total. The van der Waals surface area contributed by atoms with E-state index in [1.54, 1.807) is 75.4 Å². The highest BCUT2D eigenvalue weighted by Crippen LogP contribution is 2.59. The third-order valence-corrected chi connectivity index (χ3v) is 16.5. The van der Waals surface area contributed by atoms with Crippen molar-refractivity contribution >= 4 is 54.7 Å². The van der Waals surface area contributed by atoms with Crippen LogP contribution in [0.2, 0.25) is 0 Å². The number of aromatic nitrogens is 2. The Labute approximate surface area is 384 Å². The number of carboxylic acid groups (broad SMARTS) is 1. The Morgan fingerprint density at radius 3 is 1.41 bits per heavy atom. The predicted octanol–water partition coefficient (Wildman–Crippen LogP) is 9.20. The summed E-state index contributed by atoms with van der Waals surface area (Å²) in [6.45, 7) is 14.1. The van der Waals surface area contributed by atoms with Crippen LogP contribution in [0.5, 0.6) is 0 Å². The molecule has 2 saturated carbocycles. The van der Waals surface area contributed by atoms with Crippen LogP contribution >= 0.6 is 22.7 Å². The molecule has 2 aliphatic rings. The zero-order chi connectivity index (χ0) is 48.4. The Bertz CT molecular complexity index is 3080. The Morgan fingerprint density at radius 2 is 1.05 bits per heavy atom. The maximum absolute atomic E-state index is 13.5. The van der Waals surface area contributed by atoms with E-state index in [-0.39, 0.29) is 30.3 Å². The zero-order valence-electron chi connectivity index (χ0n) is 35.5. The number of nitrogens with one attached hydrogen (secondary N) is 2. The normalized spacial score (nSPS) is 20.9. The lowest BCUT2D eigenvalue weighted by Crippen LogP contribution is -2.47. The number of nitrogens with zero attached hydrogens (tertiary/aromatic N) is 2. The van der Waals surface area contributed by atoms with Gasteiger partial charge in [0.2, 0.25) is 11.5 Å². The number of aliphatic carboxylic acids is 1. The molecule has 8 rings (SSSR count). The second-order valence-corrected chi connectivity index (χ2v) is 22.5. The van der Waals surface area contributed by atoms with Crippen molar-refractivity contribution < 1.29 is 62.9 Å². The number of benzene rings is 2. The summed E-state index contributed by atoms with van der Waals surface area (Å²) in [4.78, 5) is 25.9. The molecule has 0 radical (unpaired) electrons. The molecule has 4 aromatic heterocycles. The molecule has 22 heteroatoms. The van der Waals surface area contributed by atoms with E-state index in [0.29, 0.717) is 35.4 Å². The second-order valence-electron chi connectivity index (χ2n) is 16.5. The van der Waals surface area contributed by atoms with Crippen LogP contribution in [0.1, 0.15) is 69.1 Å². The van der Waals surface area contributed by atoms with E-state index < -0.39 is 83.9 Å². The first-order valence-electron chi connectivity index (χ1n) is 19.6. The number of carbonyl (C=O) groups is 2. The molecule has 348 valence electrons. The quantitative estimate of drug-likeness (QED) is 0.0530. The lowest BCUT2D eigenvalue weighted by Gasteiger charge is -2.25. The summed E-state index contributed by atoms with van der Waals surface area (Å²) in [6, 6.07) is 25.0. The van der Waals surface area contributed by atoms with E-state index in [0.717, 1.165) is 34.8 Å². The summed E-state index contributed by atoms with van der Waals surface area (Å²) in [6.07, 6.45) is 0. The third kappa shape index (κ3) is 9.29. The molecule has 0 spiro atoms. The number of alkyl halides is 4. The number of sulfonamides is 2. The molecule has 66 heavy (non-hydrogen) atoms. The van der Waals surface area contributed by atoms with Gasteiger partial charge >= 0.3 is 23.8 Å². The molecule has 6 aromatic rings. The lowest BCUT2D eigenvalue weighted by atomic mass is 10.1. The number of hydrogen-bond acceptors (Lipinski definition) is 13. The summed E-state index contributed by atoms with van der Waals surface area (Å²) in [5.74, 6) is -11.2. The molecule has 2 aromatic carbocycles. The van der Waals surface area contributed by atoms with Gasteiger partial charge in [0.25, 0.3) is 20.0 Å². The average molecular weight is 989 g/mol. The van der Waals surface area contributed by atoms with Crippen LogP contribution in [-0.2, 0) is 46.2 Å². The molecule has 0 saturated heterocycles. The van der Waals surface area contributed by atoms with Crippen molar-refractivity contribution in [3.8, 4) is 21.1 Å². The standard InChI is InChI=1S/C24H24F2N2O5S2.C20H16F2N2O5S2/c1-14-20(15-9-7-6-8-10-15)24(14,21(29)32-22(2,3)4)28-35(30,31)19-12-11-17(34-19)16-13-18(33-27-16)23(5,25)26;1-11-17(12-6-4-3-5-7-12)20(11,18(25)26)24-31(27,28)16-9-8-14(30-16)13-10-15(29-23-13)19(2,21)22/h6-13,20,28H,1H2,2-5H3;3-10,17,24H,1H2,2H3,(H,25,26)/t20-,24+;17-,20+/m11/s1. The third-order valence-electron chi connectivity index (χ3n) is 10.4. The van der Waals surface area contributed by atoms with E-state index in [1.165, 1.54) is 24.3 Å². The minimum Gasteiger partial charge on any atom is -0.480 e.